The van der Waals surface area contributed by atoms with Crippen molar-refractivity contribution >= 4 is 51.4 Å². The van der Waals surface area contributed by atoms with E-state index in [1.165, 1.54) is 0 Å². The first-order valence-electron chi connectivity index (χ1n) is 4.77. The molecule has 0 spiro atoms. The Labute approximate surface area is 108 Å². The van der Waals surface area contributed by atoms with Crippen LogP contribution in [0.3, 0.4) is 0 Å². The number of nitrogens with two attached hydrogens (primary N) is 1. The minimum atomic E-state index is 0.386. The van der Waals surface area contributed by atoms with Gasteiger partial charge in [0.25, 0.3) is 0 Å². The fourth-order valence-electron chi connectivity index (χ4n) is 1.57. The number of hydrogen-bond donors (Lipinski definition) is 1. The summed E-state index contributed by atoms with van der Waals surface area (Å²) in [4.78, 5) is 4.40. The topological polar surface area (TPSA) is 38.9 Å². The van der Waals surface area contributed by atoms with E-state index in [1.54, 1.807) is 12.1 Å². The third-order valence-electron chi connectivity index (χ3n) is 2.37. The standard InChI is InChI=1S/C11H9Cl3N2/c1-2-5-3-8(15)9-10(14)6(12)4-7(13)11(9)16-5/h3-4H,2H2,1H3,(H2,15,16). The predicted octanol–water partition coefficient (Wildman–Crippen LogP) is 4.34. The molecule has 0 aliphatic heterocycles. The molecule has 0 bridgehead atoms. The van der Waals surface area contributed by atoms with Gasteiger partial charge < -0.3 is 5.73 Å². The maximum atomic E-state index is 6.09. The van der Waals surface area contributed by atoms with Gasteiger partial charge >= 0.3 is 0 Å². The second-order valence-electron chi connectivity index (χ2n) is 3.43. The predicted molar refractivity (Wildman–Crippen MR) is 70.6 cm³/mol. The van der Waals surface area contributed by atoms with Crippen molar-refractivity contribution in [1.29, 1.82) is 0 Å². The van der Waals surface area contributed by atoms with Gasteiger partial charge in [-0.1, -0.05) is 41.7 Å². The van der Waals surface area contributed by atoms with Gasteiger partial charge in [0.2, 0.25) is 0 Å². The van der Waals surface area contributed by atoms with Gasteiger partial charge in [-0.3, -0.25) is 4.98 Å². The molecule has 0 aliphatic carbocycles. The van der Waals surface area contributed by atoms with Crippen molar-refractivity contribution in [2.24, 2.45) is 0 Å². The lowest BCUT2D eigenvalue weighted by molar-refractivity contribution is 1.06. The Morgan fingerprint density at radius 1 is 1.19 bits per heavy atom. The molecular weight excluding hydrogens is 266 g/mol. The van der Waals surface area contributed by atoms with Crippen molar-refractivity contribution in [2.75, 3.05) is 5.73 Å². The van der Waals surface area contributed by atoms with E-state index in [1.807, 2.05) is 6.92 Å². The molecule has 0 amide bonds. The van der Waals surface area contributed by atoms with Gasteiger partial charge in [-0.15, -0.1) is 0 Å². The Hall–Kier alpha value is -0.700. The smallest absolute Gasteiger partial charge is 0.0928 e. The van der Waals surface area contributed by atoms with Crippen LogP contribution in [-0.4, -0.2) is 4.98 Å². The van der Waals surface area contributed by atoms with Gasteiger partial charge in [0, 0.05) is 16.8 Å². The van der Waals surface area contributed by atoms with Crippen LogP contribution in [0.15, 0.2) is 12.1 Å². The quantitative estimate of drug-likeness (QED) is 0.786. The molecule has 84 valence electrons. The van der Waals surface area contributed by atoms with Gasteiger partial charge in [0.15, 0.2) is 0 Å². The van der Waals surface area contributed by atoms with Crippen molar-refractivity contribution in [1.82, 2.24) is 4.98 Å². The number of halogens is 3. The van der Waals surface area contributed by atoms with Gasteiger partial charge in [0.05, 0.1) is 20.6 Å². The highest BCUT2D eigenvalue weighted by atomic mass is 35.5. The van der Waals surface area contributed by atoms with Gasteiger partial charge in [-0.05, 0) is 18.6 Å². The highest BCUT2D eigenvalue weighted by Gasteiger charge is 2.13. The Morgan fingerprint density at radius 3 is 2.50 bits per heavy atom. The summed E-state index contributed by atoms with van der Waals surface area (Å²) in [6, 6.07) is 3.38. The van der Waals surface area contributed by atoms with Crippen LogP contribution >= 0.6 is 34.8 Å². The third kappa shape index (κ3) is 1.81. The summed E-state index contributed by atoms with van der Waals surface area (Å²) in [5.74, 6) is 0. The molecule has 2 nitrogen and oxygen atoms in total. The lowest BCUT2D eigenvalue weighted by Gasteiger charge is -2.09. The fraction of sp³-hybridized carbons (Fsp3) is 0.182. The largest absolute Gasteiger partial charge is 0.398 e. The number of hydrogen-bond acceptors (Lipinski definition) is 2. The van der Waals surface area contributed by atoms with Crippen molar-refractivity contribution < 1.29 is 0 Å². The maximum absolute atomic E-state index is 6.09. The van der Waals surface area contributed by atoms with Crippen molar-refractivity contribution in [3.05, 3.63) is 32.9 Å². The highest BCUT2D eigenvalue weighted by Crippen LogP contribution is 2.38. The number of rotatable bonds is 1. The minimum Gasteiger partial charge on any atom is -0.398 e. The SMILES string of the molecule is CCc1cc(N)c2c(Cl)c(Cl)cc(Cl)c2n1. The Kier molecular flexibility index (Phi) is 3.15. The lowest BCUT2D eigenvalue weighted by atomic mass is 10.1. The zero-order valence-corrected chi connectivity index (χ0v) is 10.8. The fourth-order valence-corrected chi connectivity index (χ4v) is 2.33. The molecule has 2 N–H and O–H groups in total. The van der Waals surface area contributed by atoms with E-state index < -0.39 is 0 Å². The first kappa shape index (κ1) is 11.8. The van der Waals surface area contributed by atoms with E-state index in [-0.39, 0.29) is 0 Å². The van der Waals surface area contributed by atoms with Crippen LogP contribution in [0.5, 0.6) is 0 Å². The van der Waals surface area contributed by atoms with Crippen molar-refractivity contribution in [2.45, 2.75) is 13.3 Å². The number of aryl methyl sites for hydroxylation is 1. The van der Waals surface area contributed by atoms with Crippen LogP contribution < -0.4 is 5.73 Å². The molecule has 1 heterocycles. The van der Waals surface area contributed by atoms with Crippen LogP contribution in [-0.2, 0) is 6.42 Å². The van der Waals surface area contributed by atoms with Gasteiger partial charge in [-0.25, -0.2) is 0 Å². The minimum absolute atomic E-state index is 0.386. The molecule has 0 unspecified atom stereocenters. The molecule has 0 fully saturated rings. The van der Waals surface area contributed by atoms with E-state index >= 15 is 0 Å². The van der Waals surface area contributed by atoms with E-state index in [0.29, 0.717) is 31.7 Å². The number of nitrogen functional groups attached to an aromatic ring is 1. The van der Waals surface area contributed by atoms with Crippen molar-refractivity contribution in [3.8, 4) is 0 Å². The zero-order valence-electron chi connectivity index (χ0n) is 8.52. The number of pyridine rings is 1. The van der Waals surface area contributed by atoms with E-state index in [2.05, 4.69) is 4.98 Å². The first-order valence-corrected chi connectivity index (χ1v) is 5.90. The summed E-state index contributed by atoms with van der Waals surface area (Å²) >= 11 is 18.1. The molecule has 0 saturated heterocycles. The Bertz CT molecular complexity index is 567. The molecular formula is C11H9Cl3N2. The molecule has 16 heavy (non-hydrogen) atoms. The van der Waals surface area contributed by atoms with E-state index in [4.69, 9.17) is 40.5 Å². The summed E-state index contributed by atoms with van der Waals surface area (Å²) in [7, 11) is 0. The number of fused-ring (bicyclic) bond motifs is 1. The molecule has 5 heteroatoms. The Morgan fingerprint density at radius 2 is 1.88 bits per heavy atom. The molecule has 0 atom stereocenters. The number of nitrogens with zero attached hydrogens (tertiary/aromatic N) is 1. The number of anilines is 1. The average Bonchev–Trinajstić information content (AvgIpc) is 2.25. The number of benzene rings is 1. The van der Waals surface area contributed by atoms with Crippen molar-refractivity contribution in [3.63, 3.8) is 0 Å². The summed E-state index contributed by atoms with van der Waals surface area (Å²) in [6.07, 6.45) is 0.788. The summed E-state index contributed by atoms with van der Waals surface area (Å²) < 4.78 is 0. The molecule has 0 aliphatic rings. The molecule has 2 aromatic rings. The van der Waals surface area contributed by atoms with E-state index in [0.717, 1.165) is 12.1 Å². The van der Waals surface area contributed by atoms with E-state index in [9.17, 15) is 0 Å². The third-order valence-corrected chi connectivity index (χ3v) is 3.45. The summed E-state index contributed by atoms with van der Waals surface area (Å²) in [5.41, 5.74) is 7.97. The van der Waals surface area contributed by atoms with Crippen LogP contribution in [0.4, 0.5) is 5.69 Å². The average molecular weight is 276 g/mol. The monoisotopic (exact) mass is 274 g/mol. The lowest BCUT2D eigenvalue weighted by Crippen LogP contribution is -1.96. The molecule has 1 aromatic heterocycles. The van der Waals surface area contributed by atoms with Crippen LogP contribution in [0.2, 0.25) is 15.1 Å². The summed E-state index contributed by atoms with van der Waals surface area (Å²) in [5, 5.41) is 1.87. The molecule has 0 radical (unpaired) electrons. The number of aromatic nitrogens is 1. The first-order chi connectivity index (χ1) is 7.54. The molecule has 0 saturated carbocycles. The molecule has 2 rings (SSSR count). The highest BCUT2D eigenvalue weighted by molar-refractivity contribution is 6.48. The van der Waals surface area contributed by atoms with Crippen LogP contribution in [0.1, 0.15) is 12.6 Å². The van der Waals surface area contributed by atoms with Crippen LogP contribution in [0.25, 0.3) is 10.9 Å². The second kappa shape index (κ2) is 4.28. The normalized spacial score (nSPS) is 11.0. The summed E-state index contributed by atoms with van der Waals surface area (Å²) in [6.45, 7) is 2.00. The van der Waals surface area contributed by atoms with Crippen LogP contribution in [0, 0.1) is 0 Å². The second-order valence-corrected chi connectivity index (χ2v) is 4.63. The van der Waals surface area contributed by atoms with Gasteiger partial charge in [-0.2, -0.15) is 0 Å². The molecule has 1 aromatic carbocycles. The Balaban J connectivity index is 2.94. The zero-order chi connectivity index (χ0) is 11.9. The maximum Gasteiger partial charge on any atom is 0.0928 e. The van der Waals surface area contributed by atoms with Gasteiger partial charge in [0.1, 0.15) is 0 Å².